The monoisotopic (exact) mass is 392 g/mol. The summed E-state index contributed by atoms with van der Waals surface area (Å²) in [6.45, 7) is 0. The molecule has 0 spiro atoms. The fourth-order valence-electron chi connectivity index (χ4n) is 4.14. The number of nitrogens with zero attached hydrogens (tertiary/aromatic N) is 3. The Bertz CT molecular complexity index is 1170. The van der Waals surface area contributed by atoms with Gasteiger partial charge in [-0.05, 0) is 49.3 Å². The molecule has 7 nitrogen and oxygen atoms in total. The maximum Gasteiger partial charge on any atom is 0.332 e. The molecule has 1 amide bonds. The number of benzene rings is 1. The first-order valence-corrected chi connectivity index (χ1v) is 9.88. The third-order valence-electron chi connectivity index (χ3n) is 5.87. The lowest BCUT2D eigenvalue weighted by Crippen LogP contribution is -2.39. The molecule has 7 heteroatoms. The number of hydrogen-bond acceptors (Lipinski definition) is 4. The number of hydrogen-bond donors (Lipinski definition) is 1. The Labute approximate surface area is 168 Å². The molecular formula is C22H24N4O3. The van der Waals surface area contributed by atoms with E-state index in [2.05, 4.69) is 34.6 Å². The molecule has 3 aromatic rings. The van der Waals surface area contributed by atoms with Crippen LogP contribution in [-0.2, 0) is 14.1 Å². The van der Waals surface area contributed by atoms with E-state index in [0.29, 0.717) is 11.3 Å². The van der Waals surface area contributed by atoms with Crippen LogP contribution in [0.15, 0.2) is 52.1 Å². The first-order valence-electron chi connectivity index (χ1n) is 9.88. The van der Waals surface area contributed by atoms with Crippen molar-refractivity contribution >= 4 is 16.9 Å². The lowest BCUT2D eigenvalue weighted by molar-refractivity contribution is 0.0921. The van der Waals surface area contributed by atoms with Gasteiger partial charge in [-0.2, -0.15) is 0 Å². The SMILES string of the molecule is Cn1c(=O)c2ccc(C(=O)NC3CCC(c4ccccc4)CC3)nc2n(C)c1=O. The molecule has 0 atom stereocenters. The van der Waals surface area contributed by atoms with Crippen molar-refractivity contribution in [1.82, 2.24) is 19.4 Å². The summed E-state index contributed by atoms with van der Waals surface area (Å²) in [5.74, 6) is 0.261. The lowest BCUT2D eigenvalue weighted by Gasteiger charge is -2.29. The van der Waals surface area contributed by atoms with Crippen LogP contribution in [0, 0.1) is 0 Å². The van der Waals surface area contributed by atoms with E-state index in [1.165, 1.54) is 17.2 Å². The van der Waals surface area contributed by atoms with Gasteiger partial charge < -0.3 is 5.32 Å². The molecular weight excluding hydrogens is 368 g/mol. The second-order valence-electron chi connectivity index (χ2n) is 7.71. The number of aryl methyl sites for hydroxylation is 1. The van der Waals surface area contributed by atoms with E-state index >= 15 is 0 Å². The summed E-state index contributed by atoms with van der Waals surface area (Å²) < 4.78 is 2.33. The van der Waals surface area contributed by atoms with Gasteiger partial charge in [-0.25, -0.2) is 9.78 Å². The normalized spacial score (nSPS) is 19.2. The molecule has 29 heavy (non-hydrogen) atoms. The van der Waals surface area contributed by atoms with Gasteiger partial charge in [0.1, 0.15) is 11.3 Å². The fraction of sp³-hybridized carbons (Fsp3) is 0.364. The third-order valence-corrected chi connectivity index (χ3v) is 5.87. The van der Waals surface area contributed by atoms with Crippen molar-refractivity contribution in [2.24, 2.45) is 14.1 Å². The molecule has 1 aromatic carbocycles. The zero-order valence-corrected chi connectivity index (χ0v) is 16.6. The highest BCUT2D eigenvalue weighted by molar-refractivity contribution is 5.94. The third kappa shape index (κ3) is 3.60. The number of aromatic nitrogens is 3. The number of fused-ring (bicyclic) bond motifs is 1. The number of amides is 1. The van der Waals surface area contributed by atoms with Gasteiger partial charge >= 0.3 is 5.69 Å². The Morgan fingerprint density at radius 3 is 2.34 bits per heavy atom. The van der Waals surface area contributed by atoms with Crippen LogP contribution >= 0.6 is 0 Å². The first-order chi connectivity index (χ1) is 14.0. The largest absolute Gasteiger partial charge is 0.348 e. The quantitative estimate of drug-likeness (QED) is 0.740. The maximum atomic E-state index is 12.7. The van der Waals surface area contributed by atoms with Gasteiger partial charge in [0.25, 0.3) is 11.5 Å². The molecule has 1 aliphatic rings. The van der Waals surface area contributed by atoms with Crippen molar-refractivity contribution < 1.29 is 4.79 Å². The highest BCUT2D eigenvalue weighted by Gasteiger charge is 2.24. The van der Waals surface area contributed by atoms with Crippen LogP contribution in [0.4, 0.5) is 0 Å². The van der Waals surface area contributed by atoms with Crippen molar-refractivity contribution in [2.45, 2.75) is 37.6 Å². The van der Waals surface area contributed by atoms with Crippen LogP contribution in [-0.4, -0.2) is 26.1 Å². The van der Waals surface area contributed by atoms with E-state index < -0.39 is 11.2 Å². The summed E-state index contributed by atoms with van der Waals surface area (Å²) in [6, 6.07) is 13.7. The summed E-state index contributed by atoms with van der Waals surface area (Å²) >= 11 is 0. The number of rotatable bonds is 3. The molecule has 1 N–H and O–H groups in total. The van der Waals surface area contributed by atoms with Crippen LogP contribution in [0.2, 0.25) is 0 Å². The van der Waals surface area contributed by atoms with Crippen LogP contribution in [0.1, 0.15) is 47.7 Å². The minimum Gasteiger partial charge on any atom is -0.348 e. The van der Waals surface area contributed by atoms with Crippen molar-refractivity contribution in [2.75, 3.05) is 0 Å². The molecule has 0 saturated heterocycles. The minimum absolute atomic E-state index is 0.104. The van der Waals surface area contributed by atoms with Crippen molar-refractivity contribution in [1.29, 1.82) is 0 Å². The number of pyridine rings is 1. The molecule has 0 bridgehead atoms. The molecule has 150 valence electrons. The predicted octanol–water partition coefficient (Wildman–Crippen LogP) is 2.09. The van der Waals surface area contributed by atoms with E-state index in [9.17, 15) is 14.4 Å². The van der Waals surface area contributed by atoms with Crippen molar-refractivity contribution in [3.8, 4) is 0 Å². The highest BCUT2D eigenvalue weighted by Crippen LogP contribution is 2.32. The molecule has 2 heterocycles. The van der Waals surface area contributed by atoms with E-state index in [4.69, 9.17) is 0 Å². The standard InChI is InChI=1S/C22H24N4O3/c1-25-19-17(21(28)26(2)22(25)29)12-13-18(24-19)20(27)23-16-10-8-15(9-11-16)14-6-4-3-5-7-14/h3-7,12-13,15-16H,8-11H2,1-2H3,(H,23,27). The molecule has 1 aliphatic carbocycles. The average molecular weight is 392 g/mol. The molecule has 2 aromatic heterocycles. The summed E-state index contributed by atoms with van der Waals surface area (Å²) in [4.78, 5) is 41.4. The Balaban J connectivity index is 1.49. The number of nitrogens with one attached hydrogen (secondary N) is 1. The summed E-state index contributed by atoms with van der Waals surface area (Å²) in [5.41, 5.74) is 0.911. The van der Waals surface area contributed by atoms with Gasteiger partial charge in [0.05, 0.1) is 5.39 Å². The minimum atomic E-state index is -0.466. The molecule has 0 aliphatic heterocycles. The van der Waals surface area contributed by atoms with Crippen LogP contribution in [0.3, 0.4) is 0 Å². The Morgan fingerprint density at radius 2 is 1.66 bits per heavy atom. The molecule has 1 fully saturated rings. The lowest BCUT2D eigenvalue weighted by atomic mass is 9.82. The van der Waals surface area contributed by atoms with E-state index in [0.717, 1.165) is 30.3 Å². The summed E-state index contributed by atoms with van der Waals surface area (Å²) in [5, 5.41) is 3.37. The number of carbonyl (C=O) groups excluding carboxylic acids is 1. The van der Waals surface area contributed by atoms with Gasteiger partial charge in [-0.1, -0.05) is 30.3 Å². The first kappa shape index (κ1) is 19.1. The Hall–Kier alpha value is -3.22. The van der Waals surface area contributed by atoms with E-state index in [1.54, 1.807) is 19.2 Å². The zero-order chi connectivity index (χ0) is 20.5. The Morgan fingerprint density at radius 1 is 0.966 bits per heavy atom. The maximum absolute atomic E-state index is 12.7. The fourth-order valence-corrected chi connectivity index (χ4v) is 4.14. The second kappa shape index (κ2) is 7.66. The van der Waals surface area contributed by atoms with Crippen molar-refractivity contribution in [3.05, 3.63) is 74.6 Å². The van der Waals surface area contributed by atoms with Gasteiger partial charge in [0, 0.05) is 20.1 Å². The highest BCUT2D eigenvalue weighted by atomic mass is 16.2. The second-order valence-corrected chi connectivity index (χ2v) is 7.71. The predicted molar refractivity (Wildman–Crippen MR) is 111 cm³/mol. The zero-order valence-electron chi connectivity index (χ0n) is 16.6. The molecule has 4 rings (SSSR count). The topological polar surface area (TPSA) is 86.0 Å². The number of carbonyl (C=O) groups is 1. The van der Waals surface area contributed by atoms with Crippen LogP contribution in [0.5, 0.6) is 0 Å². The van der Waals surface area contributed by atoms with Gasteiger partial charge in [0.15, 0.2) is 0 Å². The van der Waals surface area contributed by atoms with E-state index in [1.807, 2.05) is 6.07 Å². The van der Waals surface area contributed by atoms with Gasteiger partial charge in [-0.3, -0.25) is 18.7 Å². The summed E-state index contributed by atoms with van der Waals surface area (Å²) in [7, 11) is 2.97. The average Bonchev–Trinajstić information content (AvgIpc) is 2.77. The summed E-state index contributed by atoms with van der Waals surface area (Å²) in [6.07, 6.45) is 3.89. The van der Waals surface area contributed by atoms with Crippen LogP contribution in [0.25, 0.3) is 11.0 Å². The van der Waals surface area contributed by atoms with Gasteiger partial charge in [-0.15, -0.1) is 0 Å². The van der Waals surface area contributed by atoms with Crippen LogP contribution < -0.4 is 16.6 Å². The molecule has 1 saturated carbocycles. The Kier molecular flexibility index (Phi) is 5.05. The molecule has 0 unspecified atom stereocenters. The molecule has 0 radical (unpaired) electrons. The smallest absolute Gasteiger partial charge is 0.332 e. The van der Waals surface area contributed by atoms with Gasteiger partial charge in [0.2, 0.25) is 0 Å². The van der Waals surface area contributed by atoms with Crippen molar-refractivity contribution in [3.63, 3.8) is 0 Å². The van der Waals surface area contributed by atoms with E-state index in [-0.39, 0.29) is 23.3 Å².